The molecule has 6 aromatic rings. The lowest BCUT2D eigenvalue weighted by molar-refractivity contribution is 0.414. The molecule has 3 heteroatoms. The summed E-state index contributed by atoms with van der Waals surface area (Å²) < 4.78 is 13.2. The summed E-state index contributed by atoms with van der Waals surface area (Å²) in [7, 11) is 3.40. The number of benzene rings is 4. The molecule has 0 fully saturated rings. The first-order valence-electron chi connectivity index (χ1n) is 11.0. The second-order valence-electron chi connectivity index (χ2n) is 8.15. The Morgan fingerprint density at radius 2 is 1.06 bits per heavy atom. The fourth-order valence-corrected chi connectivity index (χ4v) is 4.85. The van der Waals surface area contributed by atoms with Crippen LogP contribution in [0.25, 0.3) is 49.6 Å². The largest absolute Gasteiger partial charge is 0.497 e. The van der Waals surface area contributed by atoms with Gasteiger partial charge in [-0.2, -0.15) is 0 Å². The summed E-state index contributed by atoms with van der Waals surface area (Å²) in [6.45, 7) is 0. The molecule has 160 valence electrons. The van der Waals surface area contributed by atoms with E-state index in [-0.39, 0.29) is 0 Å². The molecule has 0 aliphatic carbocycles. The van der Waals surface area contributed by atoms with Crippen LogP contribution in [0.4, 0.5) is 0 Å². The van der Waals surface area contributed by atoms with E-state index >= 15 is 0 Å². The molecule has 33 heavy (non-hydrogen) atoms. The third kappa shape index (κ3) is 3.05. The van der Waals surface area contributed by atoms with Crippen LogP contribution in [0.3, 0.4) is 0 Å². The Morgan fingerprint density at radius 3 is 1.70 bits per heavy atom. The Bertz CT molecular complexity index is 1610. The molecule has 4 aromatic carbocycles. The molecule has 0 saturated carbocycles. The van der Waals surface area contributed by atoms with Crippen molar-refractivity contribution in [3.8, 4) is 33.8 Å². The summed E-state index contributed by atoms with van der Waals surface area (Å²) in [4.78, 5) is 0. The van der Waals surface area contributed by atoms with Crippen LogP contribution in [0.2, 0.25) is 0 Å². The van der Waals surface area contributed by atoms with Gasteiger partial charge in [0.05, 0.1) is 30.8 Å². The third-order valence-corrected chi connectivity index (χ3v) is 6.39. The van der Waals surface area contributed by atoms with Crippen molar-refractivity contribution in [2.24, 2.45) is 0 Å². The van der Waals surface area contributed by atoms with Crippen LogP contribution >= 0.6 is 0 Å². The van der Waals surface area contributed by atoms with Crippen LogP contribution in [-0.4, -0.2) is 18.6 Å². The first-order valence-corrected chi connectivity index (χ1v) is 11.0. The van der Waals surface area contributed by atoms with Gasteiger partial charge in [0.2, 0.25) is 0 Å². The van der Waals surface area contributed by atoms with Crippen LogP contribution in [-0.2, 0) is 0 Å². The highest BCUT2D eigenvalue weighted by atomic mass is 16.5. The molecule has 0 unspecified atom stereocenters. The van der Waals surface area contributed by atoms with Crippen LogP contribution < -0.4 is 9.47 Å². The van der Waals surface area contributed by atoms with E-state index in [1.54, 1.807) is 14.2 Å². The van der Waals surface area contributed by atoms with E-state index in [1.807, 2.05) is 24.3 Å². The molecular weight excluding hydrogens is 406 g/mol. The monoisotopic (exact) mass is 429 g/mol. The fraction of sp³-hybridized carbons (Fsp3) is 0.0667. The third-order valence-electron chi connectivity index (χ3n) is 6.39. The van der Waals surface area contributed by atoms with Gasteiger partial charge < -0.3 is 13.9 Å². The first-order chi connectivity index (χ1) is 16.3. The van der Waals surface area contributed by atoms with E-state index in [2.05, 4.69) is 83.3 Å². The Labute approximate surface area is 192 Å². The van der Waals surface area contributed by atoms with Crippen molar-refractivity contribution in [1.82, 2.24) is 4.40 Å². The summed E-state index contributed by atoms with van der Waals surface area (Å²) in [5.74, 6) is 1.70. The van der Waals surface area contributed by atoms with Gasteiger partial charge in [-0.25, -0.2) is 0 Å². The van der Waals surface area contributed by atoms with Gasteiger partial charge in [0.15, 0.2) is 0 Å². The second-order valence-corrected chi connectivity index (χ2v) is 8.15. The molecule has 0 bridgehead atoms. The summed E-state index contributed by atoms with van der Waals surface area (Å²) in [6, 6.07) is 36.2. The van der Waals surface area contributed by atoms with Crippen molar-refractivity contribution in [2.45, 2.75) is 0 Å². The zero-order valence-corrected chi connectivity index (χ0v) is 18.6. The molecule has 0 radical (unpaired) electrons. The summed E-state index contributed by atoms with van der Waals surface area (Å²) in [5, 5.41) is 2.44. The predicted molar refractivity (Wildman–Crippen MR) is 136 cm³/mol. The molecule has 0 atom stereocenters. The fourth-order valence-electron chi connectivity index (χ4n) is 4.85. The zero-order chi connectivity index (χ0) is 22.4. The summed E-state index contributed by atoms with van der Waals surface area (Å²) in [6.07, 6.45) is 0. The van der Waals surface area contributed by atoms with Crippen molar-refractivity contribution < 1.29 is 9.47 Å². The van der Waals surface area contributed by atoms with Crippen molar-refractivity contribution >= 4 is 27.3 Å². The molecular formula is C30H23NO2. The van der Waals surface area contributed by atoms with E-state index in [9.17, 15) is 0 Å². The first kappa shape index (κ1) is 19.4. The van der Waals surface area contributed by atoms with Crippen LogP contribution in [0.1, 0.15) is 0 Å². The number of para-hydroxylation sites is 2. The maximum absolute atomic E-state index is 5.43. The van der Waals surface area contributed by atoms with Crippen molar-refractivity contribution in [3.63, 3.8) is 0 Å². The van der Waals surface area contributed by atoms with Crippen LogP contribution in [0, 0.1) is 0 Å². The number of aromatic nitrogens is 1. The van der Waals surface area contributed by atoms with Gasteiger partial charge in [0, 0.05) is 21.9 Å². The van der Waals surface area contributed by atoms with Gasteiger partial charge in [-0.1, -0.05) is 60.7 Å². The number of pyridine rings is 1. The van der Waals surface area contributed by atoms with E-state index in [4.69, 9.17) is 9.47 Å². The average Bonchev–Trinajstić information content (AvgIpc) is 3.28. The van der Waals surface area contributed by atoms with Gasteiger partial charge in [-0.3, -0.25) is 0 Å². The number of methoxy groups -OCH3 is 2. The number of hydrogen-bond donors (Lipinski definition) is 0. The lowest BCUT2D eigenvalue weighted by Crippen LogP contribution is -1.96. The molecule has 0 aliphatic rings. The molecule has 0 N–H and O–H groups in total. The van der Waals surface area contributed by atoms with Gasteiger partial charge >= 0.3 is 0 Å². The Hall–Kier alpha value is -4.24. The Balaban J connectivity index is 1.81. The van der Waals surface area contributed by atoms with Gasteiger partial charge in [-0.05, 0) is 53.6 Å². The lowest BCUT2D eigenvalue weighted by Gasteiger charge is -2.18. The maximum Gasteiger partial charge on any atom is 0.118 e. The average molecular weight is 430 g/mol. The zero-order valence-electron chi connectivity index (χ0n) is 18.6. The maximum atomic E-state index is 5.43. The molecule has 2 heterocycles. The number of ether oxygens (including phenoxy) is 2. The van der Waals surface area contributed by atoms with Crippen LogP contribution in [0.5, 0.6) is 11.5 Å². The minimum atomic E-state index is 0.849. The molecule has 0 aliphatic heterocycles. The minimum absolute atomic E-state index is 0.849. The molecule has 3 nitrogen and oxygen atoms in total. The number of fused-ring (bicyclic) bond motifs is 5. The van der Waals surface area contributed by atoms with Gasteiger partial charge in [0.1, 0.15) is 11.5 Å². The summed E-state index contributed by atoms with van der Waals surface area (Å²) in [5.41, 5.74) is 8.32. The topological polar surface area (TPSA) is 22.9 Å². The Morgan fingerprint density at radius 1 is 0.515 bits per heavy atom. The van der Waals surface area contributed by atoms with E-state index in [1.165, 1.54) is 38.4 Å². The molecule has 0 spiro atoms. The van der Waals surface area contributed by atoms with E-state index in [0.717, 1.165) is 22.6 Å². The van der Waals surface area contributed by atoms with E-state index < -0.39 is 0 Å². The van der Waals surface area contributed by atoms with Crippen molar-refractivity contribution in [2.75, 3.05) is 14.2 Å². The smallest absolute Gasteiger partial charge is 0.118 e. The molecule has 0 saturated heterocycles. The highest BCUT2D eigenvalue weighted by Gasteiger charge is 2.19. The lowest BCUT2D eigenvalue weighted by atomic mass is 9.91. The SMILES string of the molecule is COc1ccc(-c2c(-c3ccc(OC)cc3)c3cc4ccccc4n3c3ccccc23)cc1. The summed E-state index contributed by atoms with van der Waals surface area (Å²) >= 11 is 0. The highest BCUT2D eigenvalue weighted by Crippen LogP contribution is 2.43. The normalized spacial score (nSPS) is 11.3. The number of nitrogens with zero attached hydrogens (tertiary/aromatic N) is 1. The molecule has 0 amide bonds. The van der Waals surface area contributed by atoms with Gasteiger partial charge in [-0.15, -0.1) is 0 Å². The standard InChI is InChI=1S/C30H23NO2/c1-32-23-15-11-20(12-16-23)29-25-8-4-6-10-27(25)31-26-9-5-3-7-22(26)19-28(31)30(29)21-13-17-24(33-2)18-14-21/h3-19H,1-2H3. The van der Waals surface area contributed by atoms with E-state index in [0.29, 0.717) is 0 Å². The number of hydrogen-bond acceptors (Lipinski definition) is 2. The van der Waals surface area contributed by atoms with Crippen molar-refractivity contribution in [3.05, 3.63) is 103 Å². The molecule has 6 rings (SSSR count). The highest BCUT2D eigenvalue weighted by molar-refractivity contribution is 6.11. The van der Waals surface area contributed by atoms with Gasteiger partial charge in [0.25, 0.3) is 0 Å². The Kier molecular flexibility index (Phi) is 4.55. The molecule has 2 aromatic heterocycles. The quantitative estimate of drug-likeness (QED) is 0.288. The number of rotatable bonds is 4. The minimum Gasteiger partial charge on any atom is -0.497 e. The second kappa shape index (κ2) is 7.72. The predicted octanol–water partition coefficient (Wildman–Crippen LogP) is 7.60. The van der Waals surface area contributed by atoms with Crippen LogP contribution in [0.15, 0.2) is 103 Å². The van der Waals surface area contributed by atoms with Crippen molar-refractivity contribution in [1.29, 1.82) is 0 Å².